The van der Waals surface area contributed by atoms with Gasteiger partial charge in [0.25, 0.3) is 0 Å². The Bertz CT molecular complexity index is 393. The van der Waals surface area contributed by atoms with E-state index in [0.717, 1.165) is 37.2 Å². The number of anilines is 2. The van der Waals surface area contributed by atoms with Gasteiger partial charge in [0.1, 0.15) is 17.5 Å². The number of nitrogens with one attached hydrogen (secondary N) is 2. The van der Waals surface area contributed by atoms with Gasteiger partial charge in [0.15, 0.2) is 0 Å². The molecule has 1 aromatic heterocycles. The molecule has 5 heteroatoms. The van der Waals surface area contributed by atoms with Crippen LogP contribution < -0.4 is 10.6 Å². The standard InChI is InChI=1S/C15H28N4O/c1-6-16-13-9-14(19-15(18-13)12(4)5)17-7-8-20-10-11(2)3/h9,11-12H,6-8,10H2,1-5H3,(H2,16,17,18,19). The summed E-state index contributed by atoms with van der Waals surface area (Å²) < 4.78 is 5.55. The lowest BCUT2D eigenvalue weighted by Crippen LogP contribution is -2.14. The minimum absolute atomic E-state index is 0.311. The number of ether oxygens (including phenoxy) is 1. The van der Waals surface area contributed by atoms with Crippen molar-refractivity contribution in [1.82, 2.24) is 9.97 Å². The Morgan fingerprint density at radius 2 is 1.75 bits per heavy atom. The van der Waals surface area contributed by atoms with Gasteiger partial charge in [0, 0.05) is 31.7 Å². The van der Waals surface area contributed by atoms with Gasteiger partial charge in [-0.25, -0.2) is 9.97 Å². The van der Waals surface area contributed by atoms with Crippen LogP contribution in [0.3, 0.4) is 0 Å². The van der Waals surface area contributed by atoms with Crippen molar-refractivity contribution in [2.24, 2.45) is 5.92 Å². The average Bonchev–Trinajstić information content (AvgIpc) is 2.38. The second-order valence-electron chi connectivity index (χ2n) is 5.58. The zero-order chi connectivity index (χ0) is 15.0. The molecule has 0 aliphatic carbocycles. The maximum atomic E-state index is 5.55. The number of nitrogens with zero attached hydrogens (tertiary/aromatic N) is 2. The molecular weight excluding hydrogens is 252 g/mol. The molecule has 0 unspecified atom stereocenters. The summed E-state index contributed by atoms with van der Waals surface area (Å²) in [5, 5.41) is 6.53. The van der Waals surface area contributed by atoms with Crippen LogP contribution in [0.25, 0.3) is 0 Å². The highest BCUT2D eigenvalue weighted by molar-refractivity contribution is 5.47. The summed E-state index contributed by atoms with van der Waals surface area (Å²) in [6.45, 7) is 13.6. The largest absolute Gasteiger partial charge is 0.379 e. The van der Waals surface area contributed by atoms with Crippen molar-refractivity contribution < 1.29 is 4.74 Å². The van der Waals surface area contributed by atoms with Gasteiger partial charge in [0.2, 0.25) is 0 Å². The van der Waals surface area contributed by atoms with Crippen LogP contribution in [0.15, 0.2) is 6.07 Å². The Hall–Kier alpha value is -1.36. The van der Waals surface area contributed by atoms with E-state index in [4.69, 9.17) is 4.74 Å². The molecule has 0 radical (unpaired) electrons. The smallest absolute Gasteiger partial charge is 0.135 e. The summed E-state index contributed by atoms with van der Waals surface area (Å²) in [4.78, 5) is 9.03. The van der Waals surface area contributed by atoms with Crippen LogP contribution in [0.5, 0.6) is 0 Å². The molecule has 1 heterocycles. The van der Waals surface area contributed by atoms with E-state index in [2.05, 4.69) is 55.2 Å². The lowest BCUT2D eigenvalue weighted by molar-refractivity contribution is 0.118. The Balaban J connectivity index is 2.55. The van der Waals surface area contributed by atoms with E-state index in [1.54, 1.807) is 0 Å². The first-order chi connectivity index (χ1) is 9.52. The summed E-state index contributed by atoms with van der Waals surface area (Å²) in [6, 6.07) is 1.94. The van der Waals surface area contributed by atoms with E-state index in [-0.39, 0.29) is 0 Å². The Kier molecular flexibility index (Phi) is 7.30. The maximum Gasteiger partial charge on any atom is 0.135 e. The first-order valence-corrected chi connectivity index (χ1v) is 7.47. The van der Waals surface area contributed by atoms with E-state index >= 15 is 0 Å². The molecule has 2 N–H and O–H groups in total. The van der Waals surface area contributed by atoms with Crippen LogP contribution >= 0.6 is 0 Å². The third kappa shape index (κ3) is 6.19. The molecule has 0 bridgehead atoms. The molecule has 0 saturated carbocycles. The van der Waals surface area contributed by atoms with Crippen molar-refractivity contribution in [3.8, 4) is 0 Å². The van der Waals surface area contributed by atoms with Crippen molar-refractivity contribution in [3.63, 3.8) is 0 Å². The summed E-state index contributed by atoms with van der Waals surface area (Å²) >= 11 is 0. The summed E-state index contributed by atoms with van der Waals surface area (Å²) in [6.07, 6.45) is 0. The van der Waals surface area contributed by atoms with Crippen LogP contribution in [0.1, 0.15) is 46.4 Å². The zero-order valence-corrected chi connectivity index (χ0v) is 13.4. The number of rotatable bonds is 9. The number of hydrogen-bond acceptors (Lipinski definition) is 5. The predicted octanol–water partition coefficient (Wildman–Crippen LogP) is 3.12. The van der Waals surface area contributed by atoms with Crippen LogP contribution in [-0.4, -0.2) is 36.3 Å². The average molecular weight is 280 g/mol. The van der Waals surface area contributed by atoms with E-state index < -0.39 is 0 Å². The van der Waals surface area contributed by atoms with Gasteiger partial charge in [-0.2, -0.15) is 0 Å². The van der Waals surface area contributed by atoms with E-state index in [1.807, 2.05) is 6.07 Å². The monoisotopic (exact) mass is 280 g/mol. The van der Waals surface area contributed by atoms with Gasteiger partial charge in [-0.3, -0.25) is 0 Å². The fourth-order valence-electron chi connectivity index (χ4n) is 1.66. The van der Waals surface area contributed by atoms with Crippen LogP contribution in [0.2, 0.25) is 0 Å². The molecule has 0 aromatic carbocycles. The minimum Gasteiger partial charge on any atom is -0.379 e. The molecule has 0 spiro atoms. The van der Waals surface area contributed by atoms with Gasteiger partial charge in [-0.1, -0.05) is 27.7 Å². The molecule has 0 fully saturated rings. The molecule has 0 aliphatic heterocycles. The quantitative estimate of drug-likeness (QED) is 0.681. The molecular formula is C15H28N4O. The molecule has 0 atom stereocenters. The Morgan fingerprint density at radius 1 is 1.10 bits per heavy atom. The van der Waals surface area contributed by atoms with E-state index in [9.17, 15) is 0 Å². The van der Waals surface area contributed by atoms with Crippen LogP contribution in [-0.2, 0) is 4.74 Å². The minimum atomic E-state index is 0.311. The molecule has 0 aliphatic rings. The molecule has 114 valence electrons. The van der Waals surface area contributed by atoms with Gasteiger partial charge >= 0.3 is 0 Å². The zero-order valence-electron chi connectivity index (χ0n) is 13.4. The fraction of sp³-hybridized carbons (Fsp3) is 0.733. The maximum absolute atomic E-state index is 5.55. The first kappa shape index (κ1) is 16.7. The SMILES string of the molecule is CCNc1cc(NCCOCC(C)C)nc(C(C)C)n1. The number of hydrogen-bond donors (Lipinski definition) is 2. The lowest BCUT2D eigenvalue weighted by Gasteiger charge is -2.12. The fourth-order valence-corrected chi connectivity index (χ4v) is 1.66. The molecule has 0 amide bonds. The highest BCUT2D eigenvalue weighted by atomic mass is 16.5. The highest BCUT2D eigenvalue weighted by Gasteiger charge is 2.07. The van der Waals surface area contributed by atoms with Gasteiger partial charge < -0.3 is 15.4 Å². The summed E-state index contributed by atoms with van der Waals surface area (Å²) in [7, 11) is 0. The van der Waals surface area contributed by atoms with Crippen molar-refractivity contribution in [2.75, 3.05) is 36.9 Å². The Morgan fingerprint density at radius 3 is 2.30 bits per heavy atom. The predicted molar refractivity (Wildman–Crippen MR) is 84.4 cm³/mol. The van der Waals surface area contributed by atoms with Crippen LogP contribution in [0, 0.1) is 5.92 Å². The normalized spacial score (nSPS) is 11.2. The third-order valence-electron chi connectivity index (χ3n) is 2.62. The summed E-state index contributed by atoms with van der Waals surface area (Å²) in [5.74, 6) is 3.46. The first-order valence-electron chi connectivity index (χ1n) is 7.47. The van der Waals surface area contributed by atoms with Crippen molar-refractivity contribution >= 4 is 11.6 Å². The van der Waals surface area contributed by atoms with Crippen molar-refractivity contribution in [3.05, 3.63) is 11.9 Å². The van der Waals surface area contributed by atoms with E-state index in [1.165, 1.54) is 0 Å². The van der Waals surface area contributed by atoms with Crippen molar-refractivity contribution in [1.29, 1.82) is 0 Å². The molecule has 20 heavy (non-hydrogen) atoms. The third-order valence-corrected chi connectivity index (χ3v) is 2.62. The topological polar surface area (TPSA) is 59.1 Å². The lowest BCUT2D eigenvalue weighted by atomic mass is 10.2. The van der Waals surface area contributed by atoms with E-state index in [0.29, 0.717) is 18.4 Å². The Labute approximate surface area is 122 Å². The van der Waals surface area contributed by atoms with Crippen molar-refractivity contribution in [2.45, 2.75) is 40.5 Å². The van der Waals surface area contributed by atoms with Gasteiger partial charge in [-0.15, -0.1) is 0 Å². The molecule has 1 aromatic rings. The van der Waals surface area contributed by atoms with Crippen LogP contribution in [0.4, 0.5) is 11.6 Å². The molecule has 1 rings (SSSR count). The van der Waals surface area contributed by atoms with Gasteiger partial charge in [0.05, 0.1) is 6.61 Å². The molecule has 0 saturated heterocycles. The number of aromatic nitrogens is 2. The summed E-state index contributed by atoms with van der Waals surface area (Å²) in [5.41, 5.74) is 0. The highest BCUT2D eigenvalue weighted by Crippen LogP contribution is 2.16. The van der Waals surface area contributed by atoms with Gasteiger partial charge in [-0.05, 0) is 12.8 Å². The molecule has 5 nitrogen and oxygen atoms in total. The second kappa shape index (κ2) is 8.74. The second-order valence-corrected chi connectivity index (χ2v) is 5.58.